The van der Waals surface area contributed by atoms with E-state index < -0.39 is 0 Å². The zero-order valence-corrected chi connectivity index (χ0v) is 14.5. The summed E-state index contributed by atoms with van der Waals surface area (Å²) in [7, 11) is 1.62. The third-order valence-corrected chi connectivity index (χ3v) is 5.70. The molecule has 0 fully saturated rings. The number of rotatable bonds is 1. The molecule has 0 N–H and O–H groups in total. The normalized spacial score (nSPS) is 17.3. The van der Waals surface area contributed by atoms with Crippen molar-refractivity contribution < 1.29 is 9.21 Å². The smallest absolute Gasteiger partial charge is 0.265 e. The molecule has 3 aromatic rings. The highest BCUT2D eigenvalue weighted by molar-refractivity contribution is 7.10. The summed E-state index contributed by atoms with van der Waals surface area (Å²) in [5, 5.41) is 2.33. The van der Waals surface area contributed by atoms with Gasteiger partial charge >= 0.3 is 0 Å². The molecule has 0 bridgehead atoms. The molecule has 4 heterocycles. The Kier molecular flexibility index (Phi) is 3.35. The molecule has 1 aliphatic rings. The van der Waals surface area contributed by atoms with Crippen molar-refractivity contribution in [2.45, 2.75) is 26.3 Å². The first-order valence-corrected chi connectivity index (χ1v) is 8.69. The highest BCUT2D eigenvalue weighted by Gasteiger charge is 2.32. The molecular weight excluding hydrogens is 326 g/mol. The summed E-state index contributed by atoms with van der Waals surface area (Å²) >= 11 is 1.73. The molecule has 24 heavy (non-hydrogen) atoms. The fraction of sp³-hybridized carbons (Fsp3) is 0.353. The monoisotopic (exact) mass is 343 g/mol. The second-order valence-electron chi connectivity index (χ2n) is 6.10. The fourth-order valence-electron chi connectivity index (χ4n) is 3.38. The minimum Gasteiger partial charge on any atom is -0.442 e. The van der Waals surface area contributed by atoms with Crippen molar-refractivity contribution in [2.75, 3.05) is 6.54 Å². The second kappa shape index (κ2) is 5.31. The number of hydrogen-bond acceptors (Lipinski definition) is 5. The van der Waals surface area contributed by atoms with Gasteiger partial charge in [-0.25, -0.2) is 4.98 Å². The Morgan fingerprint density at radius 2 is 2.25 bits per heavy atom. The minimum atomic E-state index is -0.263. The van der Waals surface area contributed by atoms with Crippen LogP contribution in [0, 0.1) is 6.92 Å². The number of fused-ring (bicyclic) bond motifs is 2. The Bertz CT molecular complexity index is 1010. The van der Waals surface area contributed by atoms with Crippen molar-refractivity contribution in [3.05, 3.63) is 49.9 Å². The molecule has 0 unspecified atom stereocenters. The van der Waals surface area contributed by atoms with Gasteiger partial charge in [0.2, 0.25) is 5.71 Å². The van der Waals surface area contributed by atoms with Crippen LogP contribution >= 0.6 is 11.3 Å². The quantitative estimate of drug-likeness (QED) is 0.681. The molecule has 1 amide bonds. The molecule has 7 heteroatoms. The Morgan fingerprint density at radius 3 is 3.04 bits per heavy atom. The molecule has 0 aliphatic carbocycles. The Morgan fingerprint density at radius 1 is 1.46 bits per heavy atom. The van der Waals surface area contributed by atoms with E-state index in [9.17, 15) is 9.59 Å². The predicted molar refractivity (Wildman–Crippen MR) is 91.5 cm³/mol. The topological polar surface area (TPSA) is 68.3 Å². The number of amides is 1. The van der Waals surface area contributed by atoms with Crippen LogP contribution < -0.4 is 5.56 Å². The number of nitrogens with zero attached hydrogens (tertiary/aromatic N) is 3. The number of aryl methyl sites for hydroxylation is 2. The van der Waals surface area contributed by atoms with Gasteiger partial charge in [-0.2, -0.15) is 0 Å². The first-order chi connectivity index (χ1) is 11.5. The summed E-state index contributed by atoms with van der Waals surface area (Å²) in [4.78, 5) is 33.0. The Hall–Kier alpha value is -2.41. The van der Waals surface area contributed by atoms with Crippen LogP contribution in [0.25, 0.3) is 11.1 Å². The zero-order chi connectivity index (χ0) is 17.0. The van der Waals surface area contributed by atoms with E-state index in [1.165, 1.54) is 21.3 Å². The van der Waals surface area contributed by atoms with Crippen molar-refractivity contribution in [1.29, 1.82) is 0 Å². The summed E-state index contributed by atoms with van der Waals surface area (Å²) in [6.07, 6.45) is 2.25. The Labute approximate surface area is 142 Å². The van der Waals surface area contributed by atoms with Crippen molar-refractivity contribution in [2.24, 2.45) is 7.05 Å². The van der Waals surface area contributed by atoms with Crippen LogP contribution in [0.5, 0.6) is 0 Å². The SMILES string of the molecule is Cc1oc2ncn(C)c(=O)c2c1C(=O)N1CCc2sccc2[C@H]1C. The van der Waals surface area contributed by atoms with Crippen LogP contribution in [0.2, 0.25) is 0 Å². The predicted octanol–water partition coefficient (Wildman–Crippen LogP) is 2.66. The third kappa shape index (κ3) is 2.04. The van der Waals surface area contributed by atoms with Crippen LogP contribution in [0.1, 0.15) is 39.5 Å². The van der Waals surface area contributed by atoms with Gasteiger partial charge < -0.3 is 13.9 Å². The molecule has 124 valence electrons. The molecule has 1 atom stereocenters. The second-order valence-corrected chi connectivity index (χ2v) is 7.10. The highest BCUT2D eigenvalue weighted by Crippen LogP contribution is 2.35. The van der Waals surface area contributed by atoms with Crippen LogP contribution in [0.4, 0.5) is 0 Å². The van der Waals surface area contributed by atoms with E-state index in [2.05, 4.69) is 16.4 Å². The van der Waals surface area contributed by atoms with E-state index in [4.69, 9.17) is 4.42 Å². The summed E-state index contributed by atoms with van der Waals surface area (Å²) < 4.78 is 6.93. The van der Waals surface area contributed by atoms with Crippen LogP contribution in [0.15, 0.2) is 27.0 Å². The summed E-state index contributed by atoms with van der Waals surface area (Å²) in [5.74, 6) is 0.273. The lowest BCUT2D eigenvalue weighted by Gasteiger charge is -2.33. The average Bonchev–Trinajstić information content (AvgIpc) is 3.15. The summed E-state index contributed by atoms with van der Waals surface area (Å²) in [6, 6.07) is 2.06. The average molecular weight is 343 g/mol. The van der Waals surface area contributed by atoms with Gasteiger partial charge in [-0.15, -0.1) is 11.3 Å². The van der Waals surface area contributed by atoms with E-state index in [1.54, 1.807) is 25.3 Å². The maximum Gasteiger partial charge on any atom is 0.265 e. The van der Waals surface area contributed by atoms with Gasteiger partial charge in [-0.05, 0) is 37.3 Å². The highest BCUT2D eigenvalue weighted by atomic mass is 32.1. The zero-order valence-electron chi connectivity index (χ0n) is 13.7. The van der Waals surface area contributed by atoms with Crippen LogP contribution in [0.3, 0.4) is 0 Å². The molecule has 1 aliphatic heterocycles. The summed E-state index contributed by atoms with van der Waals surface area (Å²) in [6.45, 7) is 4.37. The van der Waals surface area contributed by atoms with Gasteiger partial charge in [-0.3, -0.25) is 9.59 Å². The number of furan rings is 1. The van der Waals surface area contributed by atoms with E-state index in [0.717, 1.165) is 6.42 Å². The number of aromatic nitrogens is 2. The van der Waals surface area contributed by atoms with Gasteiger partial charge in [0, 0.05) is 18.5 Å². The third-order valence-electron chi connectivity index (χ3n) is 4.70. The van der Waals surface area contributed by atoms with Crippen molar-refractivity contribution in [3.8, 4) is 0 Å². The molecule has 3 aromatic heterocycles. The number of carbonyl (C=O) groups is 1. The fourth-order valence-corrected chi connectivity index (χ4v) is 4.34. The first-order valence-electron chi connectivity index (χ1n) is 7.81. The molecule has 0 radical (unpaired) electrons. The van der Waals surface area contributed by atoms with Gasteiger partial charge in [0.1, 0.15) is 17.5 Å². The standard InChI is InChI=1S/C17H17N3O3S/c1-9-11-5-7-24-12(11)4-6-20(9)17(22)13-10(2)23-15-14(13)16(21)19(3)8-18-15/h5,7-9H,4,6H2,1-3H3/t9-/m1/s1. The van der Waals surface area contributed by atoms with Crippen LogP contribution in [-0.2, 0) is 13.5 Å². The molecule has 0 spiro atoms. The lowest BCUT2D eigenvalue weighted by atomic mass is 10.00. The van der Waals surface area contributed by atoms with E-state index >= 15 is 0 Å². The molecule has 6 nitrogen and oxygen atoms in total. The molecular formula is C17H17N3O3S. The van der Waals surface area contributed by atoms with Gasteiger partial charge in [-0.1, -0.05) is 0 Å². The maximum atomic E-state index is 13.2. The molecule has 0 saturated heterocycles. The molecule has 4 rings (SSSR count). The maximum absolute atomic E-state index is 13.2. The van der Waals surface area contributed by atoms with Crippen LogP contribution in [-0.4, -0.2) is 26.9 Å². The lowest BCUT2D eigenvalue weighted by Crippen LogP contribution is -2.38. The van der Waals surface area contributed by atoms with E-state index in [-0.39, 0.29) is 28.6 Å². The van der Waals surface area contributed by atoms with Crippen molar-refractivity contribution in [1.82, 2.24) is 14.5 Å². The van der Waals surface area contributed by atoms with Gasteiger partial charge in [0.15, 0.2) is 0 Å². The van der Waals surface area contributed by atoms with Gasteiger partial charge in [0.25, 0.3) is 11.5 Å². The largest absolute Gasteiger partial charge is 0.442 e. The Balaban J connectivity index is 1.84. The van der Waals surface area contributed by atoms with E-state index in [1.807, 2.05) is 11.8 Å². The van der Waals surface area contributed by atoms with Gasteiger partial charge in [0.05, 0.1) is 11.6 Å². The number of hydrogen-bond donors (Lipinski definition) is 0. The molecule has 0 aromatic carbocycles. The first kappa shape index (κ1) is 15.1. The van der Waals surface area contributed by atoms with Crippen molar-refractivity contribution >= 4 is 28.3 Å². The summed E-state index contributed by atoms with van der Waals surface area (Å²) in [5.41, 5.74) is 1.49. The van der Waals surface area contributed by atoms with E-state index in [0.29, 0.717) is 17.9 Å². The minimum absolute atomic E-state index is 0.0163. The lowest BCUT2D eigenvalue weighted by molar-refractivity contribution is 0.0679. The van der Waals surface area contributed by atoms with Crippen molar-refractivity contribution in [3.63, 3.8) is 0 Å². The number of carbonyl (C=O) groups excluding carboxylic acids is 1. The molecule has 0 saturated carbocycles. The number of thiophene rings is 1.